The van der Waals surface area contributed by atoms with Crippen LogP contribution in [0.5, 0.6) is 0 Å². The van der Waals surface area contributed by atoms with Gasteiger partial charge in [0.25, 0.3) is 0 Å². The molecule has 33 heavy (non-hydrogen) atoms. The lowest BCUT2D eigenvalue weighted by molar-refractivity contribution is -0.146. The average Bonchev–Trinajstić information content (AvgIpc) is 3.37. The van der Waals surface area contributed by atoms with E-state index in [0.29, 0.717) is 0 Å². The molecule has 0 N–H and O–H groups in total. The van der Waals surface area contributed by atoms with Crippen molar-refractivity contribution in [3.8, 4) is 22.3 Å². The van der Waals surface area contributed by atoms with Crippen molar-refractivity contribution in [3.63, 3.8) is 0 Å². The van der Waals surface area contributed by atoms with Crippen LogP contribution >= 0.6 is 0 Å². The van der Waals surface area contributed by atoms with Gasteiger partial charge in [-0.25, -0.2) is 0 Å². The Bertz CT molecular complexity index is 1300. The van der Waals surface area contributed by atoms with Gasteiger partial charge in [-0.05, 0) is 44.5 Å². The highest BCUT2D eigenvalue weighted by Crippen LogP contribution is 2.48. The molecule has 0 aliphatic heterocycles. The maximum Gasteiger partial charge on any atom is 0.318 e. The van der Waals surface area contributed by atoms with Crippen molar-refractivity contribution in [2.24, 2.45) is 5.92 Å². The molecule has 1 atom stereocenters. The van der Waals surface area contributed by atoms with E-state index in [1.807, 2.05) is 79.1 Å². The molecule has 3 nitrogen and oxygen atoms in total. The van der Waals surface area contributed by atoms with Crippen molar-refractivity contribution in [2.45, 2.75) is 11.8 Å². The van der Waals surface area contributed by atoms with E-state index in [2.05, 4.69) is 24.3 Å². The Kier molecular flexibility index (Phi) is 4.69. The summed E-state index contributed by atoms with van der Waals surface area (Å²) < 4.78 is 5.83. The van der Waals surface area contributed by atoms with Gasteiger partial charge in [0.2, 0.25) is 6.29 Å². The highest BCUT2D eigenvalue weighted by Gasteiger charge is 2.40. The highest BCUT2D eigenvalue weighted by atomic mass is 16.5. The average molecular weight is 429 g/mol. The predicted octanol–water partition coefficient (Wildman–Crippen LogP) is 5.88. The van der Waals surface area contributed by atoms with Gasteiger partial charge in [-0.15, -0.1) is 0 Å². The third-order valence-corrected chi connectivity index (χ3v) is 6.95. The Morgan fingerprint density at radius 3 is 1.52 bits per heavy atom. The maximum absolute atomic E-state index is 13.3. The molecule has 0 bridgehead atoms. The minimum atomic E-state index is -1.01. The van der Waals surface area contributed by atoms with Crippen LogP contribution in [0.4, 0.5) is 0 Å². The number of esters is 1. The van der Waals surface area contributed by atoms with E-state index >= 15 is 0 Å². The first kappa shape index (κ1) is 19.7. The summed E-state index contributed by atoms with van der Waals surface area (Å²) in [6.07, 6.45) is 2.01. The van der Waals surface area contributed by atoms with Gasteiger partial charge < -0.3 is 4.74 Å². The largest absolute Gasteiger partial charge is 0.464 e. The van der Waals surface area contributed by atoms with Gasteiger partial charge in [-0.3, -0.25) is 9.59 Å². The number of carbonyl (C=O) groups is 1. The standard InChI is InChI=1S/C30H21O3/c31-17-27(29-25-15-7-5-11-21(25)22-12-6-8-16-26(22)29)30(32)33-18-28-23-13-3-1-9-19(23)20-10-2-4-14-24(20)28/h1-16,27-29H,18H2. The Morgan fingerprint density at radius 2 is 1.06 bits per heavy atom. The minimum Gasteiger partial charge on any atom is -0.464 e. The number of hydrogen-bond acceptors (Lipinski definition) is 3. The zero-order valence-electron chi connectivity index (χ0n) is 17.9. The van der Waals surface area contributed by atoms with E-state index < -0.39 is 11.9 Å². The van der Waals surface area contributed by atoms with Crippen molar-refractivity contribution < 1.29 is 14.3 Å². The van der Waals surface area contributed by atoms with Crippen molar-refractivity contribution in [3.05, 3.63) is 119 Å². The summed E-state index contributed by atoms with van der Waals surface area (Å²) in [4.78, 5) is 25.4. The minimum absolute atomic E-state index is 0.0446. The van der Waals surface area contributed by atoms with E-state index in [0.717, 1.165) is 33.4 Å². The highest BCUT2D eigenvalue weighted by molar-refractivity contribution is 5.93. The number of benzene rings is 4. The molecule has 0 saturated heterocycles. The molecular formula is C30H21O3. The molecule has 0 spiro atoms. The van der Waals surface area contributed by atoms with Crippen molar-refractivity contribution in [2.75, 3.05) is 6.61 Å². The van der Waals surface area contributed by atoms with E-state index in [-0.39, 0.29) is 18.4 Å². The summed E-state index contributed by atoms with van der Waals surface area (Å²) >= 11 is 0. The van der Waals surface area contributed by atoms with Crippen LogP contribution < -0.4 is 0 Å². The first-order valence-corrected chi connectivity index (χ1v) is 11.2. The molecule has 0 saturated carbocycles. The third-order valence-electron chi connectivity index (χ3n) is 6.95. The van der Waals surface area contributed by atoms with Gasteiger partial charge in [-0.1, -0.05) is 97.1 Å². The first-order valence-electron chi connectivity index (χ1n) is 11.2. The van der Waals surface area contributed by atoms with Crippen LogP contribution in [0.25, 0.3) is 22.3 Å². The molecule has 4 aromatic carbocycles. The summed E-state index contributed by atoms with van der Waals surface area (Å²) in [7, 11) is 0. The summed E-state index contributed by atoms with van der Waals surface area (Å²) in [6, 6.07) is 32.3. The van der Waals surface area contributed by atoms with Crippen LogP contribution in [0, 0.1) is 5.92 Å². The van der Waals surface area contributed by atoms with Crippen LogP contribution in [0.3, 0.4) is 0 Å². The fourth-order valence-electron chi connectivity index (χ4n) is 5.50. The van der Waals surface area contributed by atoms with Crippen molar-refractivity contribution in [1.82, 2.24) is 0 Å². The Hall–Kier alpha value is -3.98. The van der Waals surface area contributed by atoms with Crippen LogP contribution in [0.2, 0.25) is 0 Å². The van der Waals surface area contributed by atoms with Gasteiger partial charge >= 0.3 is 5.97 Å². The quantitative estimate of drug-likeness (QED) is 0.294. The van der Waals surface area contributed by atoms with Gasteiger partial charge in [0, 0.05) is 11.8 Å². The van der Waals surface area contributed by atoms with E-state index in [9.17, 15) is 9.59 Å². The molecule has 1 unspecified atom stereocenters. The maximum atomic E-state index is 13.3. The molecule has 159 valence electrons. The number of fused-ring (bicyclic) bond motifs is 6. The SMILES string of the molecule is O=[C]C(C(=O)OCC1c2ccccc2-c2ccccc21)C1c2ccccc2-c2ccccc21. The normalized spacial score (nSPS) is 14.7. The lowest BCUT2D eigenvalue weighted by Crippen LogP contribution is -2.27. The Balaban J connectivity index is 1.30. The molecule has 1 radical (unpaired) electrons. The van der Waals surface area contributed by atoms with Gasteiger partial charge in [0.1, 0.15) is 12.5 Å². The van der Waals surface area contributed by atoms with E-state index in [1.165, 1.54) is 11.1 Å². The Labute approximate surface area is 192 Å². The summed E-state index contributed by atoms with van der Waals surface area (Å²) in [5.74, 6) is -1.97. The molecule has 2 aliphatic carbocycles. The number of ether oxygens (including phenoxy) is 1. The smallest absolute Gasteiger partial charge is 0.318 e. The van der Waals surface area contributed by atoms with Crippen LogP contribution in [0.15, 0.2) is 97.1 Å². The lowest BCUT2D eigenvalue weighted by Gasteiger charge is -2.21. The fourth-order valence-corrected chi connectivity index (χ4v) is 5.50. The summed E-state index contributed by atoms with van der Waals surface area (Å²) in [6.45, 7) is 0.195. The van der Waals surface area contributed by atoms with Crippen LogP contribution in [-0.4, -0.2) is 18.9 Å². The molecular weight excluding hydrogens is 408 g/mol. The number of carbonyl (C=O) groups excluding carboxylic acids is 2. The second-order valence-corrected chi connectivity index (χ2v) is 8.60. The van der Waals surface area contributed by atoms with Gasteiger partial charge in [0.05, 0.1) is 0 Å². The number of hydrogen-bond donors (Lipinski definition) is 0. The van der Waals surface area contributed by atoms with E-state index in [1.54, 1.807) is 0 Å². The second-order valence-electron chi connectivity index (χ2n) is 8.60. The zero-order valence-corrected chi connectivity index (χ0v) is 17.9. The van der Waals surface area contributed by atoms with Crippen LogP contribution in [-0.2, 0) is 14.3 Å². The topological polar surface area (TPSA) is 43.4 Å². The Morgan fingerprint density at radius 1 is 0.667 bits per heavy atom. The predicted molar refractivity (Wildman–Crippen MR) is 128 cm³/mol. The molecule has 2 aliphatic rings. The van der Waals surface area contributed by atoms with Gasteiger partial charge in [-0.2, -0.15) is 0 Å². The molecule has 0 amide bonds. The fraction of sp³-hybridized carbons (Fsp3) is 0.133. The summed E-state index contributed by atoms with van der Waals surface area (Å²) in [5, 5.41) is 0. The van der Waals surface area contributed by atoms with Crippen molar-refractivity contribution >= 4 is 12.3 Å². The molecule has 3 heteroatoms. The zero-order chi connectivity index (χ0) is 22.4. The number of rotatable bonds is 5. The molecule has 0 heterocycles. The molecule has 0 fully saturated rings. The first-order chi connectivity index (χ1) is 16.3. The van der Waals surface area contributed by atoms with Crippen LogP contribution in [0.1, 0.15) is 34.1 Å². The summed E-state index contributed by atoms with van der Waals surface area (Å²) in [5.41, 5.74) is 8.71. The van der Waals surface area contributed by atoms with Gasteiger partial charge in [0.15, 0.2) is 0 Å². The molecule has 0 aromatic heterocycles. The lowest BCUT2D eigenvalue weighted by atomic mass is 9.85. The third kappa shape index (κ3) is 3.04. The monoisotopic (exact) mass is 429 g/mol. The molecule has 4 aromatic rings. The van der Waals surface area contributed by atoms with E-state index in [4.69, 9.17) is 4.74 Å². The van der Waals surface area contributed by atoms with Crippen molar-refractivity contribution in [1.29, 1.82) is 0 Å². The second kappa shape index (κ2) is 7.86. The molecule has 6 rings (SSSR count).